The lowest BCUT2D eigenvalue weighted by Crippen LogP contribution is -2.35. The van der Waals surface area contributed by atoms with E-state index in [1.54, 1.807) is 15.6 Å². The third kappa shape index (κ3) is 4.49. The van der Waals surface area contributed by atoms with E-state index in [1.807, 2.05) is 61.2 Å². The van der Waals surface area contributed by atoms with Crippen LogP contribution in [0.15, 0.2) is 53.6 Å². The molecule has 1 N–H and O–H groups in total. The normalized spacial score (nSPS) is 14.9. The minimum atomic E-state index is -0.145. The van der Waals surface area contributed by atoms with Crippen molar-refractivity contribution in [3.8, 4) is 11.7 Å². The smallest absolute Gasteiger partial charge is 0.278 e. The SMILES string of the molecule is CCCn1c(=O)c2cnc(Nc3ccc4c(cnn4C)c3)nc2n1-c1cccc(OC2CCN(C)CC2)n1. The number of aryl methyl sites for hydroxylation is 1. The zero-order valence-electron chi connectivity index (χ0n) is 21.8. The summed E-state index contributed by atoms with van der Waals surface area (Å²) in [5, 5.41) is 9.03. The Morgan fingerprint density at radius 1 is 1.08 bits per heavy atom. The summed E-state index contributed by atoms with van der Waals surface area (Å²) in [6.07, 6.45) is 6.23. The molecule has 0 saturated carbocycles. The Labute approximate surface area is 219 Å². The van der Waals surface area contributed by atoms with Gasteiger partial charge in [-0.15, -0.1) is 0 Å². The van der Waals surface area contributed by atoms with Gasteiger partial charge in [0.05, 0.1) is 11.7 Å². The van der Waals surface area contributed by atoms with Gasteiger partial charge in [-0.1, -0.05) is 13.0 Å². The van der Waals surface area contributed by atoms with E-state index in [1.165, 1.54) is 0 Å². The fraction of sp³-hybridized carbons (Fsp3) is 0.370. The first-order valence-corrected chi connectivity index (χ1v) is 13.0. The molecule has 0 radical (unpaired) electrons. The number of pyridine rings is 1. The molecule has 4 aromatic heterocycles. The average molecular weight is 514 g/mol. The van der Waals surface area contributed by atoms with Gasteiger partial charge in [0, 0.05) is 50.0 Å². The van der Waals surface area contributed by atoms with Crippen LogP contribution in [0, 0.1) is 0 Å². The molecule has 1 aliphatic rings. The van der Waals surface area contributed by atoms with E-state index in [2.05, 4.69) is 27.3 Å². The van der Waals surface area contributed by atoms with Gasteiger partial charge in [-0.05, 0) is 50.6 Å². The summed E-state index contributed by atoms with van der Waals surface area (Å²) in [6, 6.07) is 11.6. The predicted octanol–water partition coefficient (Wildman–Crippen LogP) is 3.49. The van der Waals surface area contributed by atoms with Crippen molar-refractivity contribution in [1.29, 1.82) is 0 Å². The molecule has 0 bridgehead atoms. The van der Waals surface area contributed by atoms with Crippen LogP contribution >= 0.6 is 0 Å². The van der Waals surface area contributed by atoms with E-state index in [0.29, 0.717) is 35.2 Å². The number of aromatic nitrogens is 7. The lowest BCUT2D eigenvalue weighted by Gasteiger charge is -2.29. The maximum Gasteiger partial charge on any atom is 0.278 e. The summed E-state index contributed by atoms with van der Waals surface area (Å²) in [4.78, 5) is 29.6. The van der Waals surface area contributed by atoms with E-state index in [0.717, 1.165) is 48.9 Å². The molecule has 0 atom stereocenters. The van der Waals surface area contributed by atoms with Gasteiger partial charge in [-0.25, -0.2) is 14.3 Å². The molecule has 1 fully saturated rings. The molecular weight excluding hydrogens is 482 g/mol. The lowest BCUT2D eigenvalue weighted by atomic mass is 10.1. The predicted molar refractivity (Wildman–Crippen MR) is 146 cm³/mol. The molecular formula is C27H31N9O2. The number of hydrogen-bond acceptors (Lipinski definition) is 8. The van der Waals surface area contributed by atoms with Crippen LogP contribution in [0.4, 0.5) is 11.6 Å². The molecule has 5 aromatic rings. The number of rotatable bonds is 7. The third-order valence-corrected chi connectivity index (χ3v) is 6.99. The van der Waals surface area contributed by atoms with E-state index in [9.17, 15) is 4.79 Å². The minimum absolute atomic E-state index is 0.128. The van der Waals surface area contributed by atoms with Crippen molar-refractivity contribution in [2.45, 2.75) is 38.8 Å². The van der Waals surface area contributed by atoms with Gasteiger partial charge in [0.15, 0.2) is 11.5 Å². The molecule has 0 aliphatic carbocycles. The summed E-state index contributed by atoms with van der Waals surface area (Å²) < 4.78 is 11.5. The molecule has 11 nitrogen and oxygen atoms in total. The first kappa shape index (κ1) is 24.1. The van der Waals surface area contributed by atoms with E-state index in [4.69, 9.17) is 14.7 Å². The number of ether oxygens (including phenoxy) is 1. The number of anilines is 2. The molecule has 6 rings (SSSR count). The Morgan fingerprint density at radius 2 is 1.92 bits per heavy atom. The van der Waals surface area contributed by atoms with Crippen LogP contribution < -0.4 is 15.6 Å². The minimum Gasteiger partial charge on any atom is -0.474 e. The molecule has 1 aliphatic heterocycles. The van der Waals surface area contributed by atoms with Gasteiger partial charge in [0.25, 0.3) is 5.56 Å². The number of likely N-dealkylation sites (tertiary alicyclic amines) is 1. The van der Waals surface area contributed by atoms with Crippen LogP contribution in [0.2, 0.25) is 0 Å². The molecule has 11 heteroatoms. The van der Waals surface area contributed by atoms with E-state index >= 15 is 0 Å². The highest BCUT2D eigenvalue weighted by atomic mass is 16.5. The summed E-state index contributed by atoms with van der Waals surface area (Å²) in [7, 11) is 4.04. The molecule has 196 valence electrons. The molecule has 5 heterocycles. The number of fused-ring (bicyclic) bond motifs is 2. The van der Waals surface area contributed by atoms with Crippen molar-refractivity contribution in [3.05, 3.63) is 59.1 Å². The highest BCUT2D eigenvalue weighted by Crippen LogP contribution is 2.23. The highest BCUT2D eigenvalue weighted by molar-refractivity contribution is 5.83. The second-order valence-corrected chi connectivity index (χ2v) is 9.79. The second-order valence-electron chi connectivity index (χ2n) is 9.79. The first-order chi connectivity index (χ1) is 18.5. The monoisotopic (exact) mass is 513 g/mol. The summed E-state index contributed by atoms with van der Waals surface area (Å²) in [5.41, 5.74) is 2.21. The Kier molecular flexibility index (Phi) is 6.28. The van der Waals surface area contributed by atoms with E-state index < -0.39 is 0 Å². The van der Waals surface area contributed by atoms with E-state index in [-0.39, 0.29) is 11.7 Å². The maximum absolute atomic E-state index is 13.3. The second kappa shape index (κ2) is 9.90. The van der Waals surface area contributed by atoms with Crippen LogP contribution in [-0.4, -0.2) is 65.2 Å². The fourth-order valence-electron chi connectivity index (χ4n) is 4.97. The Hall–Kier alpha value is -4.25. The zero-order valence-corrected chi connectivity index (χ0v) is 21.8. The maximum atomic E-state index is 13.3. The van der Waals surface area contributed by atoms with Gasteiger partial charge in [0.2, 0.25) is 11.8 Å². The van der Waals surface area contributed by atoms with Gasteiger partial charge >= 0.3 is 0 Å². The lowest BCUT2D eigenvalue weighted by molar-refractivity contribution is 0.110. The Balaban J connectivity index is 1.37. The van der Waals surface area contributed by atoms with Crippen molar-refractivity contribution in [1.82, 2.24) is 39.0 Å². The quantitative estimate of drug-likeness (QED) is 0.352. The molecule has 0 unspecified atom stereocenters. The molecule has 0 amide bonds. The first-order valence-electron chi connectivity index (χ1n) is 13.0. The molecule has 38 heavy (non-hydrogen) atoms. The topological polar surface area (TPSA) is 108 Å². The zero-order chi connectivity index (χ0) is 26.2. The fourth-order valence-corrected chi connectivity index (χ4v) is 4.97. The highest BCUT2D eigenvalue weighted by Gasteiger charge is 2.21. The molecule has 0 spiro atoms. The third-order valence-electron chi connectivity index (χ3n) is 6.99. The average Bonchev–Trinajstić information content (AvgIpc) is 3.42. The van der Waals surface area contributed by atoms with Gasteiger partial charge in [-0.3, -0.25) is 9.48 Å². The van der Waals surface area contributed by atoms with Crippen molar-refractivity contribution in [2.24, 2.45) is 7.05 Å². The van der Waals surface area contributed by atoms with Gasteiger partial charge < -0.3 is 15.0 Å². The summed E-state index contributed by atoms with van der Waals surface area (Å²) in [6.45, 7) is 4.57. The van der Waals surface area contributed by atoms with Crippen molar-refractivity contribution >= 4 is 33.6 Å². The number of benzene rings is 1. The van der Waals surface area contributed by atoms with Crippen LogP contribution in [0.25, 0.3) is 27.8 Å². The Bertz CT molecular complexity index is 1660. The number of nitrogens with zero attached hydrogens (tertiary/aromatic N) is 8. The van der Waals surface area contributed by atoms with Crippen LogP contribution in [0.5, 0.6) is 5.88 Å². The Morgan fingerprint density at radius 3 is 2.74 bits per heavy atom. The van der Waals surface area contributed by atoms with Crippen molar-refractivity contribution < 1.29 is 4.74 Å². The van der Waals surface area contributed by atoms with Gasteiger partial charge in [-0.2, -0.15) is 15.1 Å². The molecule has 1 aromatic carbocycles. The van der Waals surface area contributed by atoms with Gasteiger partial charge in [0.1, 0.15) is 11.5 Å². The number of piperidine rings is 1. The summed E-state index contributed by atoms with van der Waals surface area (Å²) >= 11 is 0. The van der Waals surface area contributed by atoms with Crippen molar-refractivity contribution in [2.75, 3.05) is 25.5 Å². The van der Waals surface area contributed by atoms with Crippen LogP contribution in [-0.2, 0) is 13.6 Å². The number of hydrogen-bond donors (Lipinski definition) is 1. The molecule has 1 saturated heterocycles. The van der Waals surface area contributed by atoms with Crippen molar-refractivity contribution in [3.63, 3.8) is 0 Å². The standard InChI is InChI=1S/C27H31N9O2/c1-4-12-35-26(37)21-17-28-27(30-19-8-9-22-18(15-19)16-29-34(22)3)32-25(21)36(35)23-6-5-7-24(31-23)38-20-10-13-33(2)14-11-20/h5-9,15-17,20H,4,10-14H2,1-3H3,(H,28,30,32). The van der Waals surface area contributed by atoms with Crippen LogP contribution in [0.3, 0.4) is 0 Å². The largest absolute Gasteiger partial charge is 0.474 e. The summed E-state index contributed by atoms with van der Waals surface area (Å²) in [5.74, 6) is 1.52. The van der Waals surface area contributed by atoms with Crippen LogP contribution in [0.1, 0.15) is 26.2 Å². The number of nitrogens with one attached hydrogen (secondary N) is 1.